The standard InChI is InChI=1S/C27H37N3O3/c1-3-5-7-8-9-12-18-33-27(32)22(13-6-4-2)19-21-16-17-26(31)25(20-21)30-28-23-14-10-11-15-24(23)29-30/h10-11,14-17,20,22,31H,3-9,12-13,18-19H2,1-2H3. The zero-order valence-corrected chi connectivity index (χ0v) is 20.0. The first-order valence-electron chi connectivity index (χ1n) is 12.4. The molecule has 6 nitrogen and oxygen atoms in total. The first kappa shape index (κ1) is 24.7. The van der Waals surface area contributed by atoms with E-state index in [1.54, 1.807) is 6.07 Å². The molecule has 0 aliphatic rings. The second kappa shape index (κ2) is 13.0. The van der Waals surface area contributed by atoms with Crippen LogP contribution in [0, 0.1) is 5.92 Å². The van der Waals surface area contributed by atoms with Gasteiger partial charge in [0.1, 0.15) is 22.5 Å². The summed E-state index contributed by atoms with van der Waals surface area (Å²) in [5.41, 5.74) is 3.00. The lowest BCUT2D eigenvalue weighted by molar-refractivity contribution is -0.149. The number of esters is 1. The molecule has 1 unspecified atom stereocenters. The van der Waals surface area contributed by atoms with Crippen LogP contribution >= 0.6 is 0 Å². The van der Waals surface area contributed by atoms with Crippen molar-refractivity contribution in [1.82, 2.24) is 15.0 Å². The lowest BCUT2D eigenvalue weighted by Crippen LogP contribution is -2.21. The molecule has 0 saturated carbocycles. The second-order valence-electron chi connectivity index (χ2n) is 8.78. The number of fused-ring (bicyclic) bond motifs is 1. The monoisotopic (exact) mass is 451 g/mol. The van der Waals surface area contributed by atoms with Gasteiger partial charge in [0, 0.05) is 0 Å². The Morgan fingerprint density at radius 3 is 2.30 bits per heavy atom. The van der Waals surface area contributed by atoms with E-state index in [1.165, 1.54) is 30.5 Å². The smallest absolute Gasteiger partial charge is 0.309 e. The van der Waals surface area contributed by atoms with Crippen LogP contribution in [-0.2, 0) is 16.0 Å². The largest absolute Gasteiger partial charge is 0.506 e. The minimum atomic E-state index is -0.188. The molecular formula is C27H37N3O3. The van der Waals surface area contributed by atoms with Gasteiger partial charge in [-0.15, -0.1) is 15.0 Å². The molecule has 178 valence electrons. The number of rotatable bonds is 14. The number of ether oxygens (including phenoxy) is 1. The van der Waals surface area contributed by atoms with E-state index in [9.17, 15) is 9.90 Å². The van der Waals surface area contributed by atoms with Crippen LogP contribution in [0.5, 0.6) is 5.75 Å². The lowest BCUT2D eigenvalue weighted by atomic mass is 9.94. The summed E-state index contributed by atoms with van der Waals surface area (Å²) in [7, 11) is 0. The summed E-state index contributed by atoms with van der Waals surface area (Å²) in [6.45, 7) is 4.84. The van der Waals surface area contributed by atoms with Gasteiger partial charge in [-0.1, -0.05) is 77.0 Å². The van der Waals surface area contributed by atoms with Gasteiger partial charge >= 0.3 is 5.97 Å². The SMILES string of the molecule is CCCCCCCCOC(=O)C(CCCC)Cc1ccc(O)c(-n2nc3ccccc3n2)c1. The van der Waals surface area contributed by atoms with E-state index in [1.807, 2.05) is 36.4 Å². The first-order valence-corrected chi connectivity index (χ1v) is 12.4. The highest BCUT2D eigenvalue weighted by atomic mass is 16.5. The molecule has 0 bridgehead atoms. The Kier molecular flexibility index (Phi) is 9.73. The molecule has 0 radical (unpaired) electrons. The number of carbonyl (C=O) groups is 1. The summed E-state index contributed by atoms with van der Waals surface area (Å²) in [4.78, 5) is 14.3. The third-order valence-electron chi connectivity index (χ3n) is 6.01. The van der Waals surface area contributed by atoms with Gasteiger partial charge in [0.2, 0.25) is 0 Å². The van der Waals surface area contributed by atoms with Crippen molar-refractivity contribution in [2.75, 3.05) is 6.61 Å². The number of carbonyl (C=O) groups excluding carboxylic acids is 1. The van der Waals surface area contributed by atoms with Crippen LogP contribution in [0.1, 0.15) is 77.2 Å². The average molecular weight is 452 g/mol. The van der Waals surface area contributed by atoms with Gasteiger partial charge in [-0.2, -0.15) is 0 Å². The molecule has 1 heterocycles. The van der Waals surface area contributed by atoms with Crippen molar-refractivity contribution in [2.45, 2.75) is 78.1 Å². The third-order valence-corrected chi connectivity index (χ3v) is 6.01. The number of aromatic hydroxyl groups is 1. The van der Waals surface area contributed by atoms with Crippen molar-refractivity contribution in [3.63, 3.8) is 0 Å². The Balaban J connectivity index is 1.64. The summed E-state index contributed by atoms with van der Waals surface area (Å²) in [6.07, 6.45) is 10.4. The van der Waals surface area contributed by atoms with E-state index in [-0.39, 0.29) is 17.6 Å². The van der Waals surface area contributed by atoms with E-state index < -0.39 is 0 Å². The van der Waals surface area contributed by atoms with Gasteiger partial charge in [-0.3, -0.25) is 4.79 Å². The van der Waals surface area contributed by atoms with E-state index >= 15 is 0 Å². The van der Waals surface area contributed by atoms with E-state index in [4.69, 9.17) is 4.74 Å². The van der Waals surface area contributed by atoms with Gasteiger partial charge in [-0.25, -0.2) is 0 Å². The highest BCUT2D eigenvalue weighted by Gasteiger charge is 2.21. The van der Waals surface area contributed by atoms with E-state index in [0.29, 0.717) is 18.7 Å². The van der Waals surface area contributed by atoms with Crippen molar-refractivity contribution in [1.29, 1.82) is 0 Å². The summed E-state index contributed by atoms with van der Waals surface area (Å²) in [5.74, 6) is -0.198. The van der Waals surface area contributed by atoms with Crippen molar-refractivity contribution < 1.29 is 14.6 Å². The number of phenolic OH excluding ortho intramolecular Hbond substituents is 1. The molecular weight excluding hydrogens is 414 g/mol. The molecule has 1 aromatic heterocycles. The van der Waals surface area contributed by atoms with Crippen LogP contribution < -0.4 is 0 Å². The lowest BCUT2D eigenvalue weighted by Gasteiger charge is -2.17. The molecule has 3 aromatic rings. The van der Waals surface area contributed by atoms with E-state index in [2.05, 4.69) is 24.0 Å². The summed E-state index contributed by atoms with van der Waals surface area (Å²) >= 11 is 0. The normalized spacial score (nSPS) is 12.2. The number of phenols is 1. The van der Waals surface area contributed by atoms with Crippen molar-refractivity contribution in [3.05, 3.63) is 48.0 Å². The van der Waals surface area contributed by atoms with Crippen molar-refractivity contribution in [3.8, 4) is 11.4 Å². The molecule has 0 fully saturated rings. The Labute approximate surface area is 197 Å². The minimum absolute atomic E-state index is 0.106. The highest BCUT2D eigenvalue weighted by Crippen LogP contribution is 2.26. The Bertz CT molecular complexity index is 982. The number of benzene rings is 2. The zero-order valence-electron chi connectivity index (χ0n) is 20.0. The summed E-state index contributed by atoms with van der Waals surface area (Å²) in [5, 5.41) is 19.4. The number of hydrogen-bond acceptors (Lipinski definition) is 5. The van der Waals surface area contributed by atoms with Gasteiger partial charge in [0.25, 0.3) is 0 Å². The van der Waals surface area contributed by atoms with Crippen LogP contribution in [0.3, 0.4) is 0 Å². The van der Waals surface area contributed by atoms with Crippen molar-refractivity contribution >= 4 is 17.0 Å². The predicted octanol–water partition coefficient (Wildman–Crippen LogP) is 6.38. The maximum atomic E-state index is 12.8. The zero-order chi connectivity index (χ0) is 23.5. The predicted molar refractivity (Wildman–Crippen MR) is 132 cm³/mol. The first-order chi connectivity index (χ1) is 16.1. The summed E-state index contributed by atoms with van der Waals surface area (Å²) < 4.78 is 5.64. The van der Waals surface area contributed by atoms with Crippen LogP contribution in [0.2, 0.25) is 0 Å². The van der Waals surface area contributed by atoms with Crippen LogP contribution in [0.25, 0.3) is 16.7 Å². The second-order valence-corrected chi connectivity index (χ2v) is 8.78. The molecule has 2 aromatic carbocycles. The number of nitrogens with zero attached hydrogens (tertiary/aromatic N) is 3. The maximum absolute atomic E-state index is 12.8. The molecule has 33 heavy (non-hydrogen) atoms. The topological polar surface area (TPSA) is 77.2 Å². The highest BCUT2D eigenvalue weighted by molar-refractivity contribution is 5.74. The van der Waals surface area contributed by atoms with Crippen LogP contribution in [0.4, 0.5) is 0 Å². The number of unbranched alkanes of at least 4 members (excludes halogenated alkanes) is 6. The van der Waals surface area contributed by atoms with Gasteiger partial charge < -0.3 is 9.84 Å². The van der Waals surface area contributed by atoms with Crippen LogP contribution in [-0.4, -0.2) is 32.7 Å². The Hall–Kier alpha value is -2.89. The van der Waals surface area contributed by atoms with E-state index in [0.717, 1.165) is 48.7 Å². The fourth-order valence-electron chi connectivity index (χ4n) is 4.03. The average Bonchev–Trinajstić information content (AvgIpc) is 3.26. The third kappa shape index (κ3) is 7.31. The fourth-order valence-corrected chi connectivity index (χ4v) is 4.03. The fraction of sp³-hybridized carbons (Fsp3) is 0.519. The molecule has 0 aliphatic carbocycles. The number of hydrogen-bond donors (Lipinski definition) is 1. The molecule has 1 N–H and O–H groups in total. The van der Waals surface area contributed by atoms with Gasteiger partial charge in [0.05, 0.1) is 12.5 Å². The Morgan fingerprint density at radius 2 is 1.61 bits per heavy atom. The molecule has 0 spiro atoms. The molecule has 3 rings (SSSR count). The maximum Gasteiger partial charge on any atom is 0.309 e. The number of aromatic nitrogens is 3. The molecule has 6 heteroatoms. The molecule has 1 atom stereocenters. The molecule has 0 amide bonds. The van der Waals surface area contributed by atoms with Crippen molar-refractivity contribution in [2.24, 2.45) is 5.92 Å². The van der Waals surface area contributed by atoms with Gasteiger partial charge in [-0.05, 0) is 49.1 Å². The Morgan fingerprint density at radius 1 is 0.939 bits per heavy atom. The molecule has 0 saturated heterocycles. The minimum Gasteiger partial charge on any atom is -0.506 e. The van der Waals surface area contributed by atoms with Crippen LogP contribution in [0.15, 0.2) is 42.5 Å². The quantitative estimate of drug-likeness (QED) is 0.227. The molecule has 0 aliphatic heterocycles. The van der Waals surface area contributed by atoms with Gasteiger partial charge in [0.15, 0.2) is 0 Å². The summed E-state index contributed by atoms with van der Waals surface area (Å²) in [6, 6.07) is 13.0.